The van der Waals surface area contributed by atoms with Crippen molar-refractivity contribution >= 4 is 0 Å². The van der Waals surface area contributed by atoms with E-state index in [1.807, 2.05) is 30.5 Å². The SMILES string of the molecule is CCCCCCCCCCCCCCn1ccc(=O)c(OCc2ccc(OC)cc2)c1CC. The van der Waals surface area contributed by atoms with Gasteiger partial charge in [0.25, 0.3) is 0 Å². The van der Waals surface area contributed by atoms with Crippen molar-refractivity contribution in [1.29, 1.82) is 0 Å². The second kappa shape index (κ2) is 16.4. The Labute approximate surface area is 201 Å². The van der Waals surface area contributed by atoms with Gasteiger partial charge in [-0.2, -0.15) is 0 Å². The fourth-order valence-corrected chi connectivity index (χ4v) is 4.32. The molecule has 0 atom stereocenters. The summed E-state index contributed by atoms with van der Waals surface area (Å²) in [5.74, 6) is 1.31. The zero-order chi connectivity index (χ0) is 23.7. The molecular weight excluding hydrogens is 410 g/mol. The van der Waals surface area contributed by atoms with Crippen molar-refractivity contribution in [1.82, 2.24) is 4.57 Å². The molecule has 0 spiro atoms. The minimum Gasteiger partial charge on any atom is -0.497 e. The van der Waals surface area contributed by atoms with Gasteiger partial charge in [0, 0.05) is 18.8 Å². The Bertz CT molecular complexity index is 826. The Hall–Kier alpha value is -2.23. The summed E-state index contributed by atoms with van der Waals surface area (Å²) in [5, 5.41) is 0. The van der Waals surface area contributed by atoms with Crippen LogP contribution in [0.5, 0.6) is 11.5 Å². The second-order valence-electron chi connectivity index (χ2n) is 9.03. The molecular formula is C29H45NO3. The predicted octanol–water partition coefficient (Wildman–Crippen LogP) is 7.70. The lowest BCUT2D eigenvalue weighted by Gasteiger charge is -2.17. The molecule has 2 rings (SSSR count). The van der Waals surface area contributed by atoms with Crippen LogP contribution in [-0.4, -0.2) is 11.7 Å². The molecule has 1 aromatic heterocycles. The topological polar surface area (TPSA) is 40.5 Å². The molecule has 0 saturated carbocycles. The molecule has 0 radical (unpaired) electrons. The highest BCUT2D eigenvalue weighted by molar-refractivity contribution is 5.30. The van der Waals surface area contributed by atoms with Crippen LogP contribution < -0.4 is 14.9 Å². The van der Waals surface area contributed by atoms with Gasteiger partial charge in [0.15, 0.2) is 5.75 Å². The third kappa shape index (κ3) is 10.1. The minimum absolute atomic E-state index is 0.0358. The van der Waals surface area contributed by atoms with Crippen LogP contribution in [0, 0.1) is 0 Å². The van der Waals surface area contributed by atoms with Gasteiger partial charge >= 0.3 is 0 Å². The van der Waals surface area contributed by atoms with Gasteiger partial charge in [-0.25, -0.2) is 0 Å². The Morgan fingerprint density at radius 3 is 1.88 bits per heavy atom. The highest BCUT2D eigenvalue weighted by Crippen LogP contribution is 2.19. The minimum atomic E-state index is -0.0358. The van der Waals surface area contributed by atoms with Crippen LogP contribution in [0.25, 0.3) is 0 Å². The molecule has 0 N–H and O–H groups in total. The van der Waals surface area contributed by atoms with Crippen molar-refractivity contribution in [3.8, 4) is 11.5 Å². The summed E-state index contributed by atoms with van der Waals surface area (Å²) in [6.07, 6.45) is 18.9. The fraction of sp³-hybridized carbons (Fsp3) is 0.621. The van der Waals surface area contributed by atoms with E-state index in [4.69, 9.17) is 9.47 Å². The molecule has 2 aromatic rings. The van der Waals surface area contributed by atoms with E-state index in [2.05, 4.69) is 18.4 Å². The van der Waals surface area contributed by atoms with Crippen molar-refractivity contribution < 1.29 is 9.47 Å². The monoisotopic (exact) mass is 455 g/mol. The summed E-state index contributed by atoms with van der Waals surface area (Å²) in [5.41, 5.74) is 1.99. The first kappa shape index (κ1) is 27.0. The standard InChI is InChI=1S/C29H45NO3/c1-4-6-7-8-9-10-11-12-13-14-15-16-22-30-23-21-28(31)29(27(30)5-2)33-24-25-17-19-26(32-3)20-18-25/h17-21,23H,4-16,22,24H2,1-3H3. The highest BCUT2D eigenvalue weighted by atomic mass is 16.5. The molecule has 0 fully saturated rings. The highest BCUT2D eigenvalue weighted by Gasteiger charge is 2.11. The third-order valence-corrected chi connectivity index (χ3v) is 6.37. The quantitative estimate of drug-likeness (QED) is 0.216. The van der Waals surface area contributed by atoms with Crippen LogP contribution in [-0.2, 0) is 19.6 Å². The summed E-state index contributed by atoms with van der Waals surface area (Å²) < 4.78 is 13.4. The van der Waals surface area contributed by atoms with Gasteiger partial charge in [-0.05, 0) is 30.5 Å². The Morgan fingerprint density at radius 1 is 0.758 bits per heavy atom. The first-order valence-corrected chi connectivity index (χ1v) is 13.2. The van der Waals surface area contributed by atoms with Gasteiger partial charge in [-0.3, -0.25) is 4.79 Å². The number of hydrogen-bond donors (Lipinski definition) is 0. The smallest absolute Gasteiger partial charge is 0.223 e. The van der Waals surface area contributed by atoms with E-state index in [9.17, 15) is 4.79 Å². The Balaban J connectivity index is 1.72. The van der Waals surface area contributed by atoms with Crippen molar-refractivity contribution in [3.63, 3.8) is 0 Å². The molecule has 1 heterocycles. The summed E-state index contributed by atoms with van der Waals surface area (Å²) in [7, 11) is 1.65. The van der Waals surface area contributed by atoms with E-state index in [-0.39, 0.29) is 5.43 Å². The molecule has 0 aliphatic carbocycles. The van der Waals surface area contributed by atoms with Gasteiger partial charge in [0.1, 0.15) is 12.4 Å². The number of nitrogens with zero attached hydrogens (tertiary/aromatic N) is 1. The average Bonchev–Trinajstić information content (AvgIpc) is 2.84. The van der Waals surface area contributed by atoms with Crippen LogP contribution in [0.2, 0.25) is 0 Å². The lowest BCUT2D eigenvalue weighted by atomic mass is 10.1. The summed E-state index contributed by atoms with van der Waals surface area (Å²) in [4.78, 5) is 12.5. The first-order chi connectivity index (χ1) is 16.2. The number of aryl methyl sites for hydroxylation is 1. The van der Waals surface area contributed by atoms with Gasteiger partial charge in [0.05, 0.1) is 12.8 Å². The number of hydrogen-bond acceptors (Lipinski definition) is 3. The number of rotatable bonds is 18. The first-order valence-electron chi connectivity index (χ1n) is 13.2. The predicted molar refractivity (Wildman–Crippen MR) is 138 cm³/mol. The van der Waals surface area contributed by atoms with Gasteiger partial charge in [-0.15, -0.1) is 0 Å². The molecule has 1 aromatic carbocycles. The van der Waals surface area contributed by atoms with Crippen LogP contribution in [0.1, 0.15) is 102 Å². The lowest BCUT2D eigenvalue weighted by Crippen LogP contribution is -2.16. The van der Waals surface area contributed by atoms with E-state index < -0.39 is 0 Å². The average molecular weight is 456 g/mol. The Kier molecular flexibility index (Phi) is 13.4. The van der Waals surface area contributed by atoms with Crippen molar-refractivity contribution in [2.75, 3.05) is 7.11 Å². The molecule has 0 amide bonds. The maximum Gasteiger partial charge on any atom is 0.223 e. The van der Waals surface area contributed by atoms with E-state index in [0.717, 1.165) is 36.4 Å². The maximum absolute atomic E-state index is 12.5. The molecule has 0 aliphatic heterocycles. The largest absolute Gasteiger partial charge is 0.497 e. The summed E-state index contributed by atoms with van der Waals surface area (Å²) in [6.45, 7) is 5.69. The number of pyridine rings is 1. The molecule has 0 unspecified atom stereocenters. The molecule has 184 valence electrons. The Morgan fingerprint density at radius 2 is 1.33 bits per heavy atom. The van der Waals surface area contributed by atoms with Crippen LogP contribution in [0.15, 0.2) is 41.3 Å². The number of benzene rings is 1. The zero-order valence-corrected chi connectivity index (χ0v) is 21.2. The van der Waals surface area contributed by atoms with E-state index in [0.29, 0.717) is 12.4 Å². The van der Waals surface area contributed by atoms with Crippen molar-refractivity contribution in [2.45, 2.75) is 110 Å². The number of aromatic nitrogens is 1. The van der Waals surface area contributed by atoms with Gasteiger partial charge in [0.2, 0.25) is 5.43 Å². The zero-order valence-electron chi connectivity index (χ0n) is 21.2. The van der Waals surface area contributed by atoms with E-state index in [1.54, 1.807) is 13.2 Å². The normalized spacial score (nSPS) is 11.0. The van der Waals surface area contributed by atoms with E-state index >= 15 is 0 Å². The van der Waals surface area contributed by atoms with Crippen molar-refractivity contribution in [2.24, 2.45) is 0 Å². The third-order valence-electron chi connectivity index (χ3n) is 6.37. The second-order valence-corrected chi connectivity index (χ2v) is 9.03. The van der Waals surface area contributed by atoms with E-state index in [1.165, 1.54) is 70.6 Å². The lowest BCUT2D eigenvalue weighted by molar-refractivity contribution is 0.295. The molecule has 0 bridgehead atoms. The number of unbranched alkanes of at least 4 members (excludes halogenated alkanes) is 11. The number of ether oxygens (including phenoxy) is 2. The maximum atomic E-state index is 12.5. The molecule has 33 heavy (non-hydrogen) atoms. The van der Waals surface area contributed by atoms with Crippen LogP contribution >= 0.6 is 0 Å². The molecule has 0 aliphatic rings. The van der Waals surface area contributed by atoms with Crippen molar-refractivity contribution in [3.05, 3.63) is 58.0 Å². The summed E-state index contributed by atoms with van der Waals surface area (Å²) in [6, 6.07) is 9.41. The number of methoxy groups -OCH3 is 1. The molecule has 4 nitrogen and oxygen atoms in total. The van der Waals surface area contributed by atoms with Crippen LogP contribution in [0.3, 0.4) is 0 Å². The van der Waals surface area contributed by atoms with Gasteiger partial charge in [-0.1, -0.05) is 96.6 Å². The van der Waals surface area contributed by atoms with Gasteiger partial charge < -0.3 is 14.0 Å². The molecule has 4 heteroatoms. The molecule has 0 saturated heterocycles. The van der Waals surface area contributed by atoms with Crippen LogP contribution in [0.4, 0.5) is 0 Å². The fourth-order valence-electron chi connectivity index (χ4n) is 4.32. The summed E-state index contributed by atoms with van der Waals surface area (Å²) >= 11 is 0.